The van der Waals surface area contributed by atoms with Crippen LogP contribution >= 0.6 is 0 Å². The Morgan fingerprint density at radius 2 is 1.84 bits per heavy atom. The van der Waals surface area contributed by atoms with E-state index in [9.17, 15) is 0 Å². The van der Waals surface area contributed by atoms with E-state index in [2.05, 4.69) is 58.9 Å². The van der Waals surface area contributed by atoms with Crippen LogP contribution in [0.1, 0.15) is 50.7 Å². The molecule has 0 N–H and O–H groups in total. The molecule has 0 aliphatic rings. The number of imidazole rings is 1. The van der Waals surface area contributed by atoms with Gasteiger partial charge in [-0.05, 0) is 22.8 Å². The van der Waals surface area contributed by atoms with Gasteiger partial charge in [0.25, 0.3) is 0 Å². The normalized spacial score (nSPS) is 12.5. The predicted molar refractivity (Wildman–Crippen MR) is 104 cm³/mol. The monoisotopic (exact) mass is 336 g/mol. The number of nitrogens with zero attached hydrogens (tertiary/aromatic N) is 2. The zero-order valence-electron chi connectivity index (χ0n) is 15.1. The first-order valence-corrected chi connectivity index (χ1v) is 9.43. The highest BCUT2D eigenvalue weighted by Gasteiger charge is 2.15. The van der Waals surface area contributed by atoms with Crippen LogP contribution in [0.3, 0.4) is 0 Å². The lowest BCUT2D eigenvalue weighted by molar-refractivity contribution is 0.0389. The molecule has 3 nitrogen and oxygen atoms in total. The Bertz CT molecular complexity index is 746. The van der Waals surface area contributed by atoms with Crippen molar-refractivity contribution in [3.05, 3.63) is 66.7 Å². The fraction of sp³-hybridized carbons (Fsp3) is 0.409. The van der Waals surface area contributed by atoms with E-state index in [0.717, 1.165) is 19.6 Å². The van der Waals surface area contributed by atoms with Crippen LogP contribution in [0.25, 0.3) is 10.8 Å². The highest BCUT2D eigenvalue weighted by atomic mass is 16.5. The van der Waals surface area contributed by atoms with Gasteiger partial charge in [0, 0.05) is 19.0 Å². The first-order chi connectivity index (χ1) is 12.4. The summed E-state index contributed by atoms with van der Waals surface area (Å²) < 4.78 is 8.44. The second-order valence-electron chi connectivity index (χ2n) is 6.60. The van der Waals surface area contributed by atoms with Crippen LogP contribution in [0, 0.1) is 0 Å². The number of rotatable bonds is 10. The molecular formula is C22H28N2O. The molecule has 0 fully saturated rings. The maximum absolute atomic E-state index is 6.34. The minimum atomic E-state index is 0.0477. The van der Waals surface area contributed by atoms with Gasteiger partial charge in [0.05, 0.1) is 12.9 Å². The Kier molecular flexibility index (Phi) is 6.63. The molecule has 3 heteroatoms. The lowest BCUT2D eigenvalue weighted by Crippen LogP contribution is -2.13. The van der Waals surface area contributed by atoms with E-state index in [4.69, 9.17) is 4.74 Å². The van der Waals surface area contributed by atoms with Gasteiger partial charge in [-0.15, -0.1) is 0 Å². The molecule has 1 atom stereocenters. The zero-order chi connectivity index (χ0) is 17.3. The van der Waals surface area contributed by atoms with Crippen LogP contribution in [0.2, 0.25) is 0 Å². The minimum Gasteiger partial charge on any atom is -0.372 e. The van der Waals surface area contributed by atoms with Gasteiger partial charge in [-0.2, -0.15) is 0 Å². The molecule has 0 amide bonds. The fourth-order valence-electron chi connectivity index (χ4n) is 3.29. The van der Waals surface area contributed by atoms with Crippen LogP contribution in [0.5, 0.6) is 0 Å². The smallest absolute Gasteiger partial charge is 0.101 e. The average molecular weight is 336 g/mol. The topological polar surface area (TPSA) is 27.1 Å². The lowest BCUT2D eigenvalue weighted by Gasteiger charge is -2.21. The number of unbranched alkanes of at least 4 members (excludes halogenated alkanes) is 4. The van der Waals surface area contributed by atoms with Crippen molar-refractivity contribution in [1.82, 2.24) is 9.55 Å². The molecule has 0 bridgehead atoms. The second-order valence-corrected chi connectivity index (χ2v) is 6.60. The Balaban J connectivity index is 1.73. The van der Waals surface area contributed by atoms with Crippen molar-refractivity contribution >= 4 is 10.8 Å². The molecule has 1 aromatic heterocycles. The van der Waals surface area contributed by atoms with E-state index in [-0.39, 0.29) is 6.10 Å². The standard InChI is InChI=1S/C22H28N2O/c1-2-3-4-5-8-16-25-22(17-24-15-14-23-18-24)21-13-9-11-19-10-6-7-12-20(19)21/h6-7,9-15,18,22H,2-5,8,16-17H2,1H3. The zero-order valence-corrected chi connectivity index (χ0v) is 15.1. The Hall–Kier alpha value is -2.13. The van der Waals surface area contributed by atoms with E-state index in [1.807, 2.05) is 18.7 Å². The highest BCUT2D eigenvalue weighted by molar-refractivity contribution is 5.85. The summed E-state index contributed by atoms with van der Waals surface area (Å²) in [6.45, 7) is 3.85. The van der Waals surface area contributed by atoms with Crippen molar-refractivity contribution in [3.8, 4) is 0 Å². The molecule has 25 heavy (non-hydrogen) atoms. The maximum Gasteiger partial charge on any atom is 0.101 e. The third-order valence-corrected chi connectivity index (χ3v) is 4.67. The van der Waals surface area contributed by atoms with Crippen LogP contribution < -0.4 is 0 Å². The summed E-state index contributed by atoms with van der Waals surface area (Å²) in [5.74, 6) is 0. The molecule has 132 valence electrons. The van der Waals surface area contributed by atoms with Crippen molar-refractivity contribution < 1.29 is 4.74 Å². The summed E-state index contributed by atoms with van der Waals surface area (Å²) in [6.07, 6.45) is 12.0. The van der Waals surface area contributed by atoms with Crippen LogP contribution in [-0.4, -0.2) is 16.2 Å². The Morgan fingerprint density at radius 3 is 2.68 bits per heavy atom. The summed E-state index contributed by atoms with van der Waals surface area (Å²) in [4.78, 5) is 4.17. The van der Waals surface area contributed by atoms with Crippen LogP contribution in [0.15, 0.2) is 61.2 Å². The summed E-state index contributed by atoms with van der Waals surface area (Å²) >= 11 is 0. The SMILES string of the molecule is CCCCCCCOC(Cn1ccnc1)c1cccc2ccccc12. The number of fused-ring (bicyclic) bond motifs is 1. The van der Waals surface area contributed by atoms with Gasteiger partial charge < -0.3 is 9.30 Å². The molecular weight excluding hydrogens is 308 g/mol. The number of benzene rings is 2. The fourth-order valence-corrected chi connectivity index (χ4v) is 3.29. The van der Waals surface area contributed by atoms with Crippen molar-refractivity contribution in [1.29, 1.82) is 0 Å². The molecule has 0 saturated carbocycles. The number of hydrogen-bond donors (Lipinski definition) is 0. The van der Waals surface area contributed by atoms with Crippen molar-refractivity contribution in [3.63, 3.8) is 0 Å². The highest BCUT2D eigenvalue weighted by Crippen LogP contribution is 2.28. The third kappa shape index (κ3) is 4.93. The Morgan fingerprint density at radius 1 is 1.00 bits per heavy atom. The van der Waals surface area contributed by atoms with E-state index in [1.165, 1.54) is 42.0 Å². The predicted octanol–water partition coefficient (Wildman–Crippen LogP) is 5.76. The first-order valence-electron chi connectivity index (χ1n) is 9.43. The molecule has 0 radical (unpaired) electrons. The molecule has 0 aliphatic carbocycles. The summed E-state index contributed by atoms with van der Waals surface area (Å²) in [6, 6.07) is 15.0. The minimum absolute atomic E-state index is 0.0477. The van der Waals surface area contributed by atoms with Crippen LogP contribution in [0.4, 0.5) is 0 Å². The van der Waals surface area contributed by atoms with Crippen molar-refractivity contribution in [2.45, 2.75) is 51.7 Å². The Labute approximate surface area is 150 Å². The largest absolute Gasteiger partial charge is 0.372 e. The molecule has 1 unspecified atom stereocenters. The maximum atomic E-state index is 6.34. The quantitative estimate of drug-likeness (QED) is 0.440. The van der Waals surface area contributed by atoms with E-state index < -0.39 is 0 Å². The van der Waals surface area contributed by atoms with Gasteiger partial charge in [-0.1, -0.05) is 75.1 Å². The summed E-state index contributed by atoms with van der Waals surface area (Å²) in [5.41, 5.74) is 1.26. The first kappa shape index (κ1) is 17.7. The van der Waals surface area contributed by atoms with E-state index >= 15 is 0 Å². The summed E-state index contributed by atoms with van der Waals surface area (Å²) in [5, 5.41) is 2.54. The molecule has 2 aromatic carbocycles. The van der Waals surface area contributed by atoms with Crippen molar-refractivity contribution in [2.24, 2.45) is 0 Å². The van der Waals surface area contributed by atoms with Gasteiger partial charge in [0.15, 0.2) is 0 Å². The van der Waals surface area contributed by atoms with Crippen LogP contribution in [-0.2, 0) is 11.3 Å². The summed E-state index contributed by atoms with van der Waals surface area (Å²) in [7, 11) is 0. The average Bonchev–Trinajstić information content (AvgIpc) is 3.16. The van der Waals surface area contributed by atoms with Crippen molar-refractivity contribution in [2.75, 3.05) is 6.61 Å². The van der Waals surface area contributed by atoms with Gasteiger partial charge in [-0.3, -0.25) is 0 Å². The molecule has 1 heterocycles. The lowest BCUT2D eigenvalue weighted by atomic mass is 10.00. The van der Waals surface area contributed by atoms with Gasteiger partial charge >= 0.3 is 0 Å². The van der Waals surface area contributed by atoms with Gasteiger partial charge in [0.2, 0.25) is 0 Å². The molecule has 0 spiro atoms. The van der Waals surface area contributed by atoms with E-state index in [0.29, 0.717) is 0 Å². The number of aromatic nitrogens is 2. The molecule has 3 rings (SSSR count). The second kappa shape index (κ2) is 9.38. The van der Waals surface area contributed by atoms with E-state index in [1.54, 1.807) is 0 Å². The molecule has 0 aliphatic heterocycles. The van der Waals surface area contributed by atoms with Gasteiger partial charge in [0.1, 0.15) is 6.10 Å². The number of hydrogen-bond acceptors (Lipinski definition) is 2. The molecule has 0 saturated heterocycles. The third-order valence-electron chi connectivity index (χ3n) is 4.67. The van der Waals surface area contributed by atoms with Gasteiger partial charge in [-0.25, -0.2) is 4.98 Å². The molecule has 3 aromatic rings. The number of ether oxygens (including phenoxy) is 1.